The highest BCUT2D eigenvalue weighted by Crippen LogP contribution is 2.16. The van der Waals surface area contributed by atoms with Crippen molar-refractivity contribution in [2.24, 2.45) is 0 Å². The van der Waals surface area contributed by atoms with Crippen molar-refractivity contribution >= 4 is 17.3 Å². The van der Waals surface area contributed by atoms with Crippen LogP contribution in [0.1, 0.15) is 6.92 Å². The SMILES string of the molecule is CCN(C(=O)COc1cccc(N)c1)c1ccncc1. The average molecular weight is 271 g/mol. The molecule has 0 aliphatic rings. The Morgan fingerprint density at radius 1 is 1.30 bits per heavy atom. The first-order valence-corrected chi connectivity index (χ1v) is 6.39. The van der Waals surface area contributed by atoms with E-state index in [1.54, 1.807) is 53.7 Å². The van der Waals surface area contributed by atoms with E-state index in [1.807, 2.05) is 6.92 Å². The molecule has 2 N–H and O–H groups in total. The zero-order valence-corrected chi connectivity index (χ0v) is 11.3. The van der Waals surface area contributed by atoms with Crippen molar-refractivity contribution in [1.29, 1.82) is 0 Å². The number of nitrogens with two attached hydrogens (primary N) is 1. The third-order valence-electron chi connectivity index (χ3n) is 2.81. The van der Waals surface area contributed by atoms with Crippen LogP contribution in [0.25, 0.3) is 0 Å². The molecule has 0 atom stereocenters. The van der Waals surface area contributed by atoms with E-state index >= 15 is 0 Å². The molecule has 0 radical (unpaired) electrons. The second-order valence-electron chi connectivity index (χ2n) is 4.20. The van der Waals surface area contributed by atoms with Gasteiger partial charge < -0.3 is 15.4 Å². The quantitative estimate of drug-likeness (QED) is 0.845. The van der Waals surface area contributed by atoms with Crippen LogP contribution >= 0.6 is 0 Å². The summed E-state index contributed by atoms with van der Waals surface area (Å²) in [4.78, 5) is 17.8. The Bertz CT molecular complexity index is 572. The van der Waals surface area contributed by atoms with Crippen LogP contribution in [0.2, 0.25) is 0 Å². The molecule has 1 aromatic heterocycles. The van der Waals surface area contributed by atoms with E-state index in [0.29, 0.717) is 18.0 Å². The van der Waals surface area contributed by atoms with Crippen molar-refractivity contribution in [2.45, 2.75) is 6.92 Å². The van der Waals surface area contributed by atoms with Crippen LogP contribution in [0.5, 0.6) is 5.75 Å². The number of amides is 1. The third-order valence-corrected chi connectivity index (χ3v) is 2.81. The molecule has 0 spiro atoms. The fourth-order valence-corrected chi connectivity index (χ4v) is 1.85. The predicted octanol–water partition coefficient (Wildman–Crippen LogP) is 2.10. The third kappa shape index (κ3) is 3.47. The molecule has 0 fully saturated rings. The minimum atomic E-state index is -0.110. The maximum Gasteiger partial charge on any atom is 0.264 e. The van der Waals surface area contributed by atoms with Crippen LogP contribution in [-0.4, -0.2) is 24.0 Å². The first-order valence-electron chi connectivity index (χ1n) is 6.39. The van der Waals surface area contributed by atoms with Gasteiger partial charge in [-0.05, 0) is 31.2 Å². The van der Waals surface area contributed by atoms with Crippen molar-refractivity contribution in [3.8, 4) is 5.75 Å². The largest absolute Gasteiger partial charge is 0.484 e. The number of aromatic nitrogens is 1. The number of benzene rings is 1. The summed E-state index contributed by atoms with van der Waals surface area (Å²) in [6.07, 6.45) is 3.31. The highest BCUT2D eigenvalue weighted by Gasteiger charge is 2.14. The first kappa shape index (κ1) is 13.9. The number of rotatable bonds is 5. The number of anilines is 2. The van der Waals surface area contributed by atoms with Gasteiger partial charge in [0, 0.05) is 36.4 Å². The maximum absolute atomic E-state index is 12.2. The molecular weight excluding hydrogens is 254 g/mol. The van der Waals surface area contributed by atoms with E-state index in [4.69, 9.17) is 10.5 Å². The van der Waals surface area contributed by atoms with Gasteiger partial charge >= 0.3 is 0 Å². The van der Waals surface area contributed by atoms with E-state index in [9.17, 15) is 4.79 Å². The summed E-state index contributed by atoms with van der Waals surface area (Å²) in [6, 6.07) is 10.6. The zero-order valence-electron chi connectivity index (χ0n) is 11.3. The minimum Gasteiger partial charge on any atom is -0.484 e. The van der Waals surface area contributed by atoms with Crippen molar-refractivity contribution in [3.63, 3.8) is 0 Å². The van der Waals surface area contributed by atoms with Crippen molar-refractivity contribution < 1.29 is 9.53 Å². The first-order chi connectivity index (χ1) is 9.70. The average Bonchev–Trinajstić information content (AvgIpc) is 2.47. The Kier molecular flexibility index (Phi) is 4.55. The lowest BCUT2D eigenvalue weighted by molar-refractivity contribution is -0.120. The summed E-state index contributed by atoms with van der Waals surface area (Å²) in [6.45, 7) is 2.46. The monoisotopic (exact) mass is 271 g/mol. The van der Waals surface area contributed by atoms with Gasteiger partial charge in [0.05, 0.1) is 0 Å². The number of nitrogens with zero attached hydrogens (tertiary/aromatic N) is 2. The summed E-state index contributed by atoms with van der Waals surface area (Å²) in [5, 5.41) is 0. The van der Waals surface area contributed by atoms with Gasteiger partial charge in [-0.2, -0.15) is 0 Å². The fourth-order valence-electron chi connectivity index (χ4n) is 1.85. The molecule has 2 aromatic rings. The molecule has 0 aliphatic heterocycles. The lowest BCUT2D eigenvalue weighted by Gasteiger charge is -2.20. The summed E-state index contributed by atoms with van der Waals surface area (Å²) < 4.78 is 5.47. The summed E-state index contributed by atoms with van der Waals surface area (Å²) in [5.74, 6) is 0.477. The maximum atomic E-state index is 12.2. The highest BCUT2D eigenvalue weighted by molar-refractivity contribution is 5.94. The van der Waals surface area contributed by atoms with Crippen LogP contribution < -0.4 is 15.4 Å². The van der Waals surface area contributed by atoms with Gasteiger partial charge in [0.1, 0.15) is 5.75 Å². The summed E-state index contributed by atoms with van der Waals surface area (Å²) in [7, 11) is 0. The van der Waals surface area contributed by atoms with Gasteiger partial charge in [-0.3, -0.25) is 9.78 Å². The van der Waals surface area contributed by atoms with E-state index in [0.717, 1.165) is 5.69 Å². The van der Waals surface area contributed by atoms with Crippen LogP contribution in [0.3, 0.4) is 0 Å². The molecular formula is C15H17N3O2. The molecule has 0 saturated heterocycles. The van der Waals surface area contributed by atoms with Gasteiger partial charge in [-0.25, -0.2) is 0 Å². The number of hydrogen-bond acceptors (Lipinski definition) is 4. The Labute approximate surface area is 118 Å². The minimum absolute atomic E-state index is 0.0282. The molecule has 104 valence electrons. The molecule has 0 aliphatic carbocycles. The molecule has 0 unspecified atom stereocenters. The predicted molar refractivity (Wildman–Crippen MR) is 78.6 cm³/mol. The second kappa shape index (κ2) is 6.56. The zero-order chi connectivity index (χ0) is 14.4. The van der Waals surface area contributed by atoms with Crippen LogP contribution in [0, 0.1) is 0 Å². The summed E-state index contributed by atoms with van der Waals surface area (Å²) >= 11 is 0. The number of ether oxygens (including phenoxy) is 1. The molecule has 5 nitrogen and oxygen atoms in total. The van der Waals surface area contributed by atoms with Crippen LogP contribution in [0.15, 0.2) is 48.8 Å². The summed E-state index contributed by atoms with van der Waals surface area (Å²) in [5.41, 5.74) is 7.08. The van der Waals surface area contributed by atoms with Gasteiger partial charge in [-0.1, -0.05) is 6.07 Å². The van der Waals surface area contributed by atoms with E-state index in [2.05, 4.69) is 4.98 Å². The Balaban J connectivity index is 2.00. The molecule has 1 aromatic carbocycles. The normalized spacial score (nSPS) is 10.1. The molecule has 0 saturated carbocycles. The van der Waals surface area contributed by atoms with E-state index < -0.39 is 0 Å². The van der Waals surface area contributed by atoms with Gasteiger partial charge in [0.2, 0.25) is 0 Å². The molecule has 20 heavy (non-hydrogen) atoms. The van der Waals surface area contributed by atoms with E-state index in [1.165, 1.54) is 0 Å². The fraction of sp³-hybridized carbons (Fsp3) is 0.200. The number of carbonyl (C=O) groups is 1. The van der Waals surface area contributed by atoms with Gasteiger partial charge in [0.15, 0.2) is 6.61 Å². The Hall–Kier alpha value is -2.56. The lowest BCUT2D eigenvalue weighted by atomic mass is 10.3. The molecule has 1 amide bonds. The number of pyridine rings is 1. The van der Waals surface area contributed by atoms with Crippen molar-refractivity contribution in [2.75, 3.05) is 23.8 Å². The number of likely N-dealkylation sites (N-methyl/N-ethyl adjacent to an activating group) is 1. The Morgan fingerprint density at radius 2 is 2.05 bits per heavy atom. The van der Waals surface area contributed by atoms with Crippen molar-refractivity contribution in [3.05, 3.63) is 48.8 Å². The Morgan fingerprint density at radius 3 is 2.70 bits per heavy atom. The standard InChI is InChI=1S/C15H17N3O2/c1-2-18(13-6-8-17-9-7-13)15(19)11-20-14-5-3-4-12(16)10-14/h3-10H,2,11,16H2,1H3. The second-order valence-corrected chi connectivity index (χ2v) is 4.20. The van der Waals surface area contributed by atoms with Crippen molar-refractivity contribution in [1.82, 2.24) is 4.98 Å². The number of nitrogen functional groups attached to an aromatic ring is 1. The molecule has 0 bridgehead atoms. The highest BCUT2D eigenvalue weighted by atomic mass is 16.5. The lowest BCUT2D eigenvalue weighted by Crippen LogP contribution is -2.34. The van der Waals surface area contributed by atoms with Crippen LogP contribution in [0.4, 0.5) is 11.4 Å². The number of hydrogen-bond donors (Lipinski definition) is 1. The topological polar surface area (TPSA) is 68.5 Å². The molecule has 1 heterocycles. The smallest absolute Gasteiger partial charge is 0.264 e. The van der Waals surface area contributed by atoms with Gasteiger partial charge in [0.25, 0.3) is 5.91 Å². The van der Waals surface area contributed by atoms with Crippen LogP contribution in [-0.2, 0) is 4.79 Å². The number of carbonyl (C=O) groups excluding carboxylic acids is 1. The van der Waals surface area contributed by atoms with Gasteiger partial charge in [-0.15, -0.1) is 0 Å². The van der Waals surface area contributed by atoms with E-state index in [-0.39, 0.29) is 12.5 Å². The molecule has 5 heteroatoms. The molecule has 2 rings (SSSR count).